The number of hydrogen-bond acceptors (Lipinski definition) is 4. The Morgan fingerprint density at radius 3 is 2.95 bits per heavy atom. The molecule has 21 heavy (non-hydrogen) atoms. The van der Waals surface area contributed by atoms with E-state index in [1.54, 1.807) is 6.20 Å². The number of carbonyl (C=O) groups is 1. The standard InChI is InChI=1S/C14H16FN3O3/c1-21-11-6-7-12(15)13(8-11)18-9-10(16-17-18)4-2-3-5-14(19)20/h6-9H,2-5H2,1H3,(H,19,20). The van der Waals surface area contributed by atoms with Gasteiger partial charge >= 0.3 is 5.97 Å². The number of aliphatic carboxylic acids is 1. The van der Waals surface area contributed by atoms with E-state index >= 15 is 0 Å². The normalized spacial score (nSPS) is 10.6. The van der Waals surface area contributed by atoms with Crippen molar-refractivity contribution in [2.24, 2.45) is 0 Å². The molecule has 0 radical (unpaired) electrons. The van der Waals surface area contributed by atoms with Gasteiger partial charge in [0.25, 0.3) is 0 Å². The summed E-state index contributed by atoms with van der Waals surface area (Å²) in [7, 11) is 1.51. The number of hydrogen-bond donors (Lipinski definition) is 1. The molecule has 0 saturated heterocycles. The Labute approximate surface area is 121 Å². The third-order valence-electron chi connectivity index (χ3n) is 3.01. The van der Waals surface area contributed by atoms with E-state index in [9.17, 15) is 9.18 Å². The van der Waals surface area contributed by atoms with E-state index in [4.69, 9.17) is 9.84 Å². The van der Waals surface area contributed by atoms with Crippen molar-refractivity contribution in [2.75, 3.05) is 7.11 Å². The molecular formula is C14H16FN3O3. The lowest BCUT2D eigenvalue weighted by Crippen LogP contribution is -1.99. The molecule has 0 spiro atoms. The monoisotopic (exact) mass is 293 g/mol. The zero-order chi connectivity index (χ0) is 15.2. The first-order valence-corrected chi connectivity index (χ1v) is 6.57. The summed E-state index contributed by atoms with van der Waals surface area (Å²) in [5, 5.41) is 16.4. The van der Waals surface area contributed by atoms with Crippen molar-refractivity contribution in [2.45, 2.75) is 25.7 Å². The van der Waals surface area contributed by atoms with Crippen LogP contribution >= 0.6 is 0 Å². The fourth-order valence-electron chi connectivity index (χ4n) is 1.91. The second-order valence-electron chi connectivity index (χ2n) is 4.57. The van der Waals surface area contributed by atoms with Gasteiger partial charge in [0.15, 0.2) is 0 Å². The molecule has 0 bridgehead atoms. The minimum Gasteiger partial charge on any atom is -0.497 e. The second kappa shape index (κ2) is 6.83. The number of carboxylic acid groups (broad SMARTS) is 1. The molecule has 2 rings (SSSR count). The Kier molecular flexibility index (Phi) is 4.86. The SMILES string of the molecule is COc1ccc(F)c(-n2cc(CCCCC(=O)O)nn2)c1. The first kappa shape index (κ1) is 15.0. The number of nitrogens with zero attached hydrogens (tertiary/aromatic N) is 3. The summed E-state index contributed by atoms with van der Waals surface area (Å²) in [6, 6.07) is 4.38. The molecule has 0 amide bonds. The summed E-state index contributed by atoms with van der Waals surface area (Å²) in [5.41, 5.74) is 0.959. The first-order valence-electron chi connectivity index (χ1n) is 6.57. The van der Waals surface area contributed by atoms with Crippen molar-refractivity contribution in [3.8, 4) is 11.4 Å². The summed E-state index contributed by atoms with van der Waals surface area (Å²) in [5.74, 6) is -0.694. The molecule has 0 aliphatic carbocycles. The summed E-state index contributed by atoms with van der Waals surface area (Å²) in [4.78, 5) is 10.4. The predicted molar refractivity (Wildman–Crippen MR) is 73.1 cm³/mol. The van der Waals surface area contributed by atoms with E-state index < -0.39 is 11.8 Å². The Bertz CT molecular complexity index is 628. The number of rotatable bonds is 7. The Balaban J connectivity index is 2.04. The lowest BCUT2D eigenvalue weighted by atomic mass is 10.1. The van der Waals surface area contributed by atoms with E-state index in [2.05, 4.69) is 10.3 Å². The van der Waals surface area contributed by atoms with Gasteiger partial charge in [-0.3, -0.25) is 4.79 Å². The van der Waals surface area contributed by atoms with Crippen molar-refractivity contribution in [3.63, 3.8) is 0 Å². The number of aryl methyl sites for hydroxylation is 1. The maximum atomic E-state index is 13.8. The van der Waals surface area contributed by atoms with Crippen LogP contribution < -0.4 is 4.74 Å². The third-order valence-corrected chi connectivity index (χ3v) is 3.01. The Morgan fingerprint density at radius 2 is 2.24 bits per heavy atom. The third kappa shape index (κ3) is 4.01. The van der Waals surface area contributed by atoms with Crippen LogP contribution in [0.3, 0.4) is 0 Å². The minimum atomic E-state index is -0.808. The molecule has 6 nitrogen and oxygen atoms in total. The van der Waals surface area contributed by atoms with E-state index in [1.165, 1.54) is 30.0 Å². The van der Waals surface area contributed by atoms with E-state index in [0.29, 0.717) is 30.7 Å². The molecule has 0 fully saturated rings. The molecule has 0 atom stereocenters. The van der Waals surface area contributed by atoms with E-state index in [-0.39, 0.29) is 12.1 Å². The summed E-state index contributed by atoms with van der Waals surface area (Å²) >= 11 is 0. The number of halogens is 1. The number of aromatic nitrogens is 3. The molecule has 7 heteroatoms. The van der Waals surface area contributed by atoms with Gasteiger partial charge in [-0.05, 0) is 31.4 Å². The first-order chi connectivity index (χ1) is 10.1. The molecule has 0 unspecified atom stereocenters. The molecular weight excluding hydrogens is 277 g/mol. The van der Waals surface area contributed by atoms with Crippen LogP contribution in [0.25, 0.3) is 5.69 Å². The van der Waals surface area contributed by atoms with Gasteiger partial charge in [-0.25, -0.2) is 9.07 Å². The van der Waals surface area contributed by atoms with Crippen LogP contribution in [-0.2, 0) is 11.2 Å². The number of ether oxygens (including phenoxy) is 1. The zero-order valence-electron chi connectivity index (χ0n) is 11.6. The van der Waals surface area contributed by atoms with Gasteiger partial charge in [0.05, 0.1) is 19.0 Å². The average Bonchev–Trinajstić information content (AvgIpc) is 2.92. The molecule has 1 aromatic heterocycles. The van der Waals surface area contributed by atoms with Crippen LogP contribution in [0, 0.1) is 5.82 Å². The van der Waals surface area contributed by atoms with Crippen LogP contribution in [0.2, 0.25) is 0 Å². The van der Waals surface area contributed by atoms with Crippen LogP contribution in [0.5, 0.6) is 5.75 Å². The average molecular weight is 293 g/mol. The highest BCUT2D eigenvalue weighted by atomic mass is 19.1. The van der Waals surface area contributed by atoms with Crippen molar-refractivity contribution in [1.29, 1.82) is 0 Å². The molecule has 0 saturated carbocycles. The van der Waals surface area contributed by atoms with Gasteiger partial charge in [-0.15, -0.1) is 5.10 Å². The number of unbranched alkanes of at least 4 members (excludes halogenated alkanes) is 1. The van der Waals surface area contributed by atoms with Gasteiger partial charge in [0.1, 0.15) is 17.3 Å². The fourth-order valence-corrected chi connectivity index (χ4v) is 1.91. The highest BCUT2D eigenvalue weighted by Crippen LogP contribution is 2.19. The second-order valence-corrected chi connectivity index (χ2v) is 4.57. The molecule has 112 valence electrons. The molecule has 1 aromatic carbocycles. The molecule has 0 aliphatic heterocycles. The quantitative estimate of drug-likeness (QED) is 0.792. The summed E-state index contributed by atoms with van der Waals surface area (Å²) in [6.07, 6.45) is 3.66. The van der Waals surface area contributed by atoms with E-state index in [0.717, 1.165) is 0 Å². The van der Waals surface area contributed by atoms with Crippen molar-refractivity contribution in [3.05, 3.63) is 35.9 Å². The Morgan fingerprint density at radius 1 is 1.43 bits per heavy atom. The predicted octanol–water partition coefficient (Wildman–Crippen LogP) is 2.21. The van der Waals surface area contributed by atoms with Crippen LogP contribution in [0.4, 0.5) is 4.39 Å². The topological polar surface area (TPSA) is 77.2 Å². The van der Waals surface area contributed by atoms with Crippen LogP contribution in [0.1, 0.15) is 25.0 Å². The maximum absolute atomic E-state index is 13.8. The van der Waals surface area contributed by atoms with Crippen molar-refractivity contribution >= 4 is 5.97 Å². The van der Waals surface area contributed by atoms with Crippen LogP contribution in [-0.4, -0.2) is 33.2 Å². The number of methoxy groups -OCH3 is 1. The molecule has 1 heterocycles. The summed E-state index contributed by atoms with van der Waals surface area (Å²) < 4.78 is 20.2. The van der Waals surface area contributed by atoms with Gasteiger partial charge in [-0.2, -0.15) is 0 Å². The minimum absolute atomic E-state index is 0.138. The van der Waals surface area contributed by atoms with Gasteiger partial charge in [-0.1, -0.05) is 5.21 Å². The fraction of sp³-hybridized carbons (Fsp3) is 0.357. The Hall–Kier alpha value is -2.44. The number of benzene rings is 1. The van der Waals surface area contributed by atoms with Crippen LogP contribution in [0.15, 0.2) is 24.4 Å². The smallest absolute Gasteiger partial charge is 0.303 e. The van der Waals surface area contributed by atoms with Crippen molar-refractivity contribution in [1.82, 2.24) is 15.0 Å². The highest BCUT2D eigenvalue weighted by molar-refractivity contribution is 5.66. The lowest BCUT2D eigenvalue weighted by molar-refractivity contribution is -0.137. The van der Waals surface area contributed by atoms with Gasteiger partial charge < -0.3 is 9.84 Å². The maximum Gasteiger partial charge on any atom is 0.303 e. The zero-order valence-corrected chi connectivity index (χ0v) is 11.6. The lowest BCUT2D eigenvalue weighted by Gasteiger charge is -2.04. The number of carboxylic acids is 1. The summed E-state index contributed by atoms with van der Waals surface area (Å²) in [6.45, 7) is 0. The van der Waals surface area contributed by atoms with E-state index in [1.807, 2.05) is 0 Å². The molecule has 0 aliphatic rings. The highest BCUT2D eigenvalue weighted by Gasteiger charge is 2.09. The largest absolute Gasteiger partial charge is 0.497 e. The molecule has 2 aromatic rings. The molecule has 1 N–H and O–H groups in total. The van der Waals surface area contributed by atoms with Crippen molar-refractivity contribution < 1.29 is 19.0 Å². The van der Waals surface area contributed by atoms with Gasteiger partial charge in [0.2, 0.25) is 0 Å². The van der Waals surface area contributed by atoms with Gasteiger partial charge in [0, 0.05) is 12.5 Å².